The average molecular weight is 291 g/mol. The van der Waals surface area contributed by atoms with E-state index in [1.54, 1.807) is 4.90 Å². The van der Waals surface area contributed by atoms with E-state index >= 15 is 0 Å². The number of aliphatic carboxylic acids is 1. The number of hydrogen-bond donors (Lipinski definition) is 1. The fraction of sp³-hybridized carbons (Fsp3) is 0.467. The molecule has 0 aromatic heterocycles. The van der Waals surface area contributed by atoms with Crippen LogP contribution in [0.1, 0.15) is 18.1 Å². The molecule has 1 amide bonds. The molecule has 1 heterocycles. The molecule has 4 nitrogen and oxygen atoms in total. The summed E-state index contributed by atoms with van der Waals surface area (Å²) < 4.78 is 0. The zero-order valence-electron chi connectivity index (χ0n) is 11.3. The smallest absolute Gasteiger partial charge is 0.327 e. The molecule has 106 valence electrons. The Morgan fingerprint density at radius 3 is 2.40 bits per heavy atom. The summed E-state index contributed by atoms with van der Waals surface area (Å²) >= 11 is 1.54. The van der Waals surface area contributed by atoms with Gasteiger partial charge in [0.25, 0.3) is 0 Å². The van der Waals surface area contributed by atoms with Crippen LogP contribution in [0.3, 0.4) is 0 Å². The maximum Gasteiger partial charge on any atom is 0.327 e. The van der Waals surface area contributed by atoms with E-state index in [1.165, 1.54) is 22.9 Å². The van der Waals surface area contributed by atoms with Crippen molar-refractivity contribution in [3.63, 3.8) is 0 Å². The van der Waals surface area contributed by atoms with Gasteiger partial charge in [-0.2, -0.15) is 0 Å². The van der Waals surface area contributed by atoms with Crippen LogP contribution in [0.5, 0.6) is 0 Å². The maximum atomic E-state index is 12.7. The second-order valence-electron chi connectivity index (χ2n) is 5.41. The summed E-state index contributed by atoms with van der Waals surface area (Å²) in [5, 5.41) is 9.21. The lowest BCUT2D eigenvalue weighted by atomic mass is 10.0. The second kappa shape index (κ2) is 5.13. The van der Waals surface area contributed by atoms with Gasteiger partial charge in [0.2, 0.25) is 5.91 Å². The molecule has 1 aromatic rings. The summed E-state index contributed by atoms with van der Waals surface area (Å²) in [5.41, 5.74) is 2.44. The highest BCUT2D eigenvalue weighted by Crippen LogP contribution is 2.34. The number of benzene rings is 1. The van der Waals surface area contributed by atoms with Gasteiger partial charge in [-0.05, 0) is 30.9 Å². The Bertz CT molecular complexity index is 535. The Morgan fingerprint density at radius 2 is 1.85 bits per heavy atom. The summed E-state index contributed by atoms with van der Waals surface area (Å²) in [7, 11) is 0. The van der Waals surface area contributed by atoms with Gasteiger partial charge in [0.15, 0.2) is 0 Å². The van der Waals surface area contributed by atoms with Gasteiger partial charge >= 0.3 is 5.97 Å². The van der Waals surface area contributed by atoms with Gasteiger partial charge in [0, 0.05) is 11.7 Å². The number of nitrogens with zero attached hydrogens (tertiary/aromatic N) is 1. The van der Waals surface area contributed by atoms with Crippen LogP contribution in [0.2, 0.25) is 0 Å². The van der Waals surface area contributed by atoms with E-state index in [4.69, 9.17) is 0 Å². The number of thioether (sulfide) groups is 1. The minimum Gasteiger partial charge on any atom is -0.480 e. The lowest BCUT2D eigenvalue weighted by molar-refractivity contribution is -0.150. The van der Waals surface area contributed by atoms with Gasteiger partial charge in [-0.25, -0.2) is 4.79 Å². The Kier molecular flexibility index (Phi) is 3.46. The highest BCUT2D eigenvalue weighted by molar-refractivity contribution is 8.00. The van der Waals surface area contributed by atoms with Crippen molar-refractivity contribution in [3.05, 3.63) is 35.4 Å². The summed E-state index contributed by atoms with van der Waals surface area (Å²) in [6.45, 7) is 1.91. The molecule has 3 rings (SSSR count). The lowest BCUT2D eigenvalue weighted by Crippen LogP contribution is -2.47. The second-order valence-corrected chi connectivity index (χ2v) is 6.75. The fourth-order valence-electron chi connectivity index (χ4n) is 3.11. The zero-order chi connectivity index (χ0) is 14.3. The predicted molar refractivity (Wildman–Crippen MR) is 77.5 cm³/mol. The third-order valence-electron chi connectivity index (χ3n) is 4.16. The van der Waals surface area contributed by atoms with Crippen molar-refractivity contribution in [2.24, 2.45) is 5.92 Å². The monoisotopic (exact) mass is 291 g/mol. The van der Waals surface area contributed by atoms with Gasteiger partial charge in [-0.1, -0.05) is 24.3 Å². The number of carbonyl (C=O) groups excluding carboxylic acids is 1. The molecule has 5 heteroatoms. The van der Waals surface area contributed by atoms with Gasteiger partial charge in [-0.15, -0.1) is 11.8 Å². The molecule has 2 aliphatic rings. The Balaban J connectivity index is 1.79. The molecule has 1 aliphatic carbocycles. The summed E-state index contributed by atoms with van der Waals surface area (Å²) in [4.78, 5) is 25.6. The highest BCUT2D eigenvalue weighted by atomic mass is 32.2. The van der Waals surface area contributed by atoms with E-state index in [1.807, 2.05) is 19.1 Å². The first kappa shape index (κ1) is 13.5. The van der Waals surface area contributed by atoms with Crippen LogP contribution in [0.25, 0.3) is 0 Å². The topological polar surface area (TPSA) is 57.6 Å². The number of carboxylic acid groups (broad SMARTS) is 1. The molecule has 0 bridgehead atoms. The molecule has 0 saturated carbocycles. The Labute approximate surface area is 122 Å². The summed E-state index contributed by atoms with van der Waals surface area (Å²) in [6, 6.07) is 7.41. The van der Waals surface area contributed by atoms with Crippen LogP contribution < -0.4 is 0 Å². The van der Waals surface area contributed by atoms with E-state index in [0.29, 0.717) is 5.75 Å². The first-order valence-corrected chi connectivity index (χ1v) is 7.86. The summed E-state index contributed by atoms with van der Waals surface area (Å²) in [5.74, 6) is -0.519. The largest absolute Gasteiger partial charge is 0.480 e. The van der Waals surface area contributed by atoms with Crippen LogP contribution in [-0.2, 0) is 22.4 Å². The number of hydrogen-bond acceptors (Lipinski definition) is 3. The maximum absolute atomic E-state index is 12.7. The SMILES string of the molecule is CC1SCC(C(=O)O)N1C(=O)C1Cc2ccccc2C1. The van der Waals surface area contributed by atoms with Crippen LogP contribution in [-0.4, -0.2) is 39.1 Å². The van der Waals surface area contributed by atoms with Crippen LogP contribution in [0.4, 0.5) is 0 Å². The third kappa shape index (κ3) is 2.20. The molecule has 1 N–H and O–H groups in total. The standard InChI is InChI=1S/C15H17NO3S/c1-9-16(13(8-20-9)15(18)19)14(17)12-6-10-4-2-3-5-11(10)7-12/h2-5,9,12-13H,6-8H2,1H3,(H,18,19). The van der Waals surface area contributed by atoms with Crippen molar-refractivity contribution in [2.75, 3.05) is 5.75 Å². The first-order chi connectivity index (χ1) is 9.58. The van der Waals surface area contributed by atoms with Crippen molar-refractivity contribution >= 4 is 23.6 Å². The first-order valence-electron chi connectivity index (χ1n) is 6.81. The van der Waals surface area contributed by atoms with Crippen LogP contribution in [0, 0.1) is 5.92 Å². The minimum atomic E-state index is -0.897. The van der Waals surface area contributed by atoms with E-state index in [0.717, 1.165) is 12.8 Å². The number of carbonyl (C=O) groups is 2. The highest BCUT2D eigenvalue weighted by Gasteiger charge is 2.42. The van der Waals surface area contributed by atoms with Gasteiger partial charge in [0.05, 0.1) is 5.37 Å². The molecule has 0 radical (unpaired) electrons. The molecule has 1 aromatic carbocycles. The normalized spacial score (nSPS) is 25.8. The molecule has 20 heavy (non-hydrogen) atoms. The number of carboxylic acids is 1. The van der Waals surface area contributed by atoms with Crippen molar-refractivity contribution in [3.8, 4) is 0 Å². The van der Waals surface area contributed by atoms with Crippen molar-refractivity contribution < 1.29 is 14.7 Å². The predicted octanol–water partition coefficient (Wildman–Crippen LogP) is 1.78. The van der Waals surface area contributed by atoms with E-state index in [-0.39, 0.29) is 17.2 Å². The molecular weight excluding hydrogens is 274 g/mol. The molecule has 1 fully saturated rings. The van der Waals surface area contributed by atoms with Crippen LogP contribution in [0.15, 0.2) is 24.3 Å². The Hall–Kier alpha value is -1.49. The van der Waals surface area contributed by atoms with Crippen LogP contribution >= 0.6 is 11.8 Å². The number of fused-ring (bicyclic) bond motifs is 1. The molecule has 2 atom stereocenters. The van der Waals surface area contributed by atoms with Gasteiger partial charge < -0.3 is 10.0 Å². The molecular formula is C15H17NO3S. The molecule has 0 spiro atoms. The minimum absolute atomic E-state index is 0.00824. The van der Waals surface area contributed by atoms with Gasteiger partial charge in [0.1, 0.15) is 6.04 Å². The molecule has 2 unspecified atom stereocenters. The quantitative estimate of drug-likeness (QED) is 0.902. The third-order valence-corrected chi connectivity index (χ3v) is 5.38. The average Bonchev–Trinajstić information content (AvgIpc) is 3.01. The molecule has 1 aliphatic heterocycles. The lowest BCUT2D eigenvalue weighted by Gasteiger charge is -2.27. The van der Waals surface area contributed by atoms with E-state index < -0.39 is 12.0 Å². The van der Waals surface area contributed by atoms with Crippen molar-refractivity contribution in [2.45, 2.75) is 31.2 Å². The Morgan fingerprint density at radius 1 is 1.25 bits per heavy atom. The van der Waals surface area contributed by atoms with E-state index in [2.05, 4.69) is 12.1 Å². The summed E-state index contributed by atoms with van der Waals surface area (Å²) in [6.07, 6.45) is 1.46. The van der Waals surface area contributed by atoms with E-state index in [9.17, 15) is 14.7 Å². The fourth-order valence-corrected chi connectivity index (χ4v) is 4.29. The van der Waals surface area contributed by atoms with Crippen molar-refractivity contribution in [1.29, 1.82) is 0 Å². The number of rotatable bonds is 2. The molecule has 1 saturated heterocycles. The van der Waals surface area contributed by atoms with Crippen molar-refractivity contribution in [1.82, 2.24) is 4.90 Å². The van der Waals surface area contributed by atoms with Gasteiger partial charge in [-0.3, -0.25) is 4.79 Å². The zero-order valence-corrected chi connectivity index (χ0v) is 12.1. The number of amides is 1.